The highest BCUT2D eigenvalue weighted by Gasteiger charge is 2.00. The van der Waals surface area contributed by atoms with Gasteiger partial charge in [0.25, 0.3) is 0 Å². The number of rotatable bonds is 8. The molecule has 0 spiro atoms. The van der Waals surface area contributed by atoms with E-state index < -0.39 is 0 Å². The highest BCUT2D eigenvalue weighted by atomic mass is 35.5. The first-order valence-electron chi connectivity index (χ1n) is 8.11. The summed E-state index contributed by atoms with van der Waals surface area (Å²) in [4.78, 5) is 11.9. The molecule has 4 heteroatoms. The lowest BCUT2D eigenvalue weighted by atomic mass is 10.1. The Morgan fingerprint density at radius 2 is 2.04 bits per heavy atom. The zero-order valence-corrected chi connectivity index (χ0v) is 14.6. The van der Waals surface area contributed by atoms with Gasteiger partial charge in [0.15, 0.2) is 0 Å². The standard InChI is InChI=1S/C20H22ClNO2/c1-2-14-24-18-8-5-6-16(15-18)12-13-22-20(23)11-10-17-7-3-4-9-19(17)21/h3-11,15H,2,12-14H2,1H3,(H,22,23). The lowest BCUT2D eigenvalue weighted by Crippen LogP contribution is -2.23. The van der Waals surface area contributed by atoms with Crippen LogP contribution in [0, 0.1) is 0 Å². The summed E-state index contributed by atoms with van der Waals surface area (Å²) in [7, 11) is 0. The van der Waals surface area contributed by atoms with Gasteiger partial charge in [-0.3, -0.25) is 4.79 Å². The summed E-state index contributed by atoms with van der Waals surface area (Å²) in [6, 6.07) is 15.4. The van der Waals surface area contributed by atoms with Crippen molar-refractivity contribution in [2.45, 2.75) is 19.8 Å². The second-order valence-corrected chi connectivity index (χ2v) is 5.80. The number of hydrogen-bond acceptors (Lipinski definition) is 2. The van der Waals surface area contributed by atoms with Gasteiger partial charge in [0.05, 0.1) is 6.61 Å². The van der Waals surface area contributed by atoms with Crippen molar-refractivity contribution in [1.82, 2.24) is 5.32 Å². The molecule has 126 valence electrons. The van der Waals surface area contributed by atoms with Gasteiger partial charge in [-0.05, 0) is 48.2 Å². The molecule has 24 heavy (non-hydrogen) atoms. The molecule has 0 fully saturated rings. The van der Waals surface area contributed by atoms with Crippen LogP contribution in [0.4, 0.5) is 0 Å². The van der Waals surface area contributed by atoms with E-state index >= 15 is 0 Å². The molecule has 0 aliphatic carbocycles. The van der Waals surface area contributed by atoms with Crippen molar-refractivity contribution in [3.63, 3.8) is 0 Å². The van der Waals surface area contributed by atoms with E-state index in [0.717, 1.165) is 29.7 Å². The molecular formula is C20H22ClNO2. The highest BCUT2D eigenvalue weighted by molar-refractivity contribution is 6.32. The van der Waals surface area contributed by atoms with E-state index in [4.69, 9.17) is 16.3 Å². The lowest BCUT2D eigenvalue weighted by molar-refractivity contribution is -0.116. The average Bonchev–Trinajstić information content (AvgIpc) is 2.60. The fourth-order valence-corrected chi connectivity index (χ4v) is 2.37. The smallest absolute Gasteiger partial charge is 0.244 e. The minimum absolute atomic E-state index is 0.131. The van der Waals surface area contributed by atoms with Gasteiger partial charge in [0.1, 0.15) is 5.75 Å². The maximum atomic E-state index is 11.9. The van der Waals surface area contributed by atoms with Crippen LogP contribution in [0.3, 0.4) is 0 Å². The van der Waals surface area contributed by atoms with E-state index in [2.05, 4.69) is 12.2 Å². The Balaban J connectivity index is 1.79. The van der Waals surface area contributed by atoms with Gasteiger partial charge in [-0.1, -0.05) is 48.9 Å². The van der Waals surface area contributed by atoms with Crippen molar-refractivity contribution in [3.05, 3.63) is 70.8 Å². The Hall–Kier alpha value is -2.26. The van der Waals surface area contributed by atoms with Gasteiger partial charge in [-0.25, -0.2) is 0 Å². The third-order valence-corrected chi connectivity index (χ3v) is 3.75. The summed E-state index contributed by atoms with van der Waals surface area (Å²) in [5.74, 6) is 0.743. The van der Waals surface area contributed by atoms with Gasteiger partial charge in [-0.15, -0.1) is 0 Å². The minimum Gasteiger partial charge on any atom is -0.494 e. The van der Waals surface area contributed by atoms with Gasteiger partial charge in [-0.2, -0.15) is 0 Å². The SMILES string of the molecule is CCCOc1cccc(CCNC(=O)C=Cc2ccccc2Cl)c1. The van der Waals surface area contributed by atoms with E-state index in [1.54, 1.807) is 12.1 Å². The molecule has 1 amide bonds. The molecule has 1 N–H and O–H groups in total. The second-order valence-electron chi connectivity index (χ2n) is 5.39. The first kappa shape index (κ1) is 18.1. The molecule has 3 nitrogen and oxygen atoms in total. The summed E-state index contributed by atoms with van der Waals surface area (Å²) in [6.45, 7) is 3.37. The third kappa shape index (κ3) is 6.09. The third-order valence-electron chi connectivity index (χ3n) is 3.40. The van der Waals surface area contributed by atoms with Crippen molar-refractivity contribution >= 4 is 23.6 Å². The predicted octanol–water partition coefficient (Wildman–Crippen LogP) is 4.50. The number of carbonyl (C=O) groups is 1. The highest BCUT2D eigenvalue weighted by Crippen LogP contribution is 2.16. The fourth-order valence-electron chi connectivity index (χ4n) is 2.18. The van der Waals surface area contributed by atoms with Crippen LogP contribution in [0.2, 0.25) is 5.02 Å². The Kier molecular flexibility index (Phi) is 7.37. The van der Waals surface area contributed by atoms with Crippen LogP contribution in [-0.4, -0.2) is 19.1 Å². The molecule has 0 aliphatic rings. The van der Waals surface area contributed by atoms with Gasteiger partial charge >= 0.3 is 0 Å². The zero-order valence-electron chi connectivity index (χ0n) is 13.8. The quantitative estimate of drug-likeness (QED) is 0.716. The van der Waals surface area contributed by atoms with Gasteiger partial charge in [0.2, 0.25) is 5.91 Å². The first-order chi connectivity index (χ1) is 11.7. The van der Waals surface area contributed by atoms with E-state index in [1.807, 2.05) is 42.5 Å². The molecule has 0 bridgehead atoms. The van der Waals surface area contributed by atoms with Crippen LogP contribution in [0.25, 0.3) is 6.08 Å². The maximum absolute atomic E-state index is 11.9. The van der Waals surface area contributed by atoms with Crippen molar-refractivity contribution in [2.24, 2.45) is 0 Å². The van der Waals surface area contributed by atoms with Crippen molar-refractivity contribution in [3.8, 4) is 5.75 Å². The van der Waals surface area contributed by atoms with E-state index in [1.165, 1.54) is 6.08 Å². The molecule has 0 aromatic heterocycles. The molecule has 0 unspecified atom stereocenters. The van der Waals surface area contributed by atoms with Crippen molar-refractivity contribution in [1.29, 1.82) is 0 Å². The van der Waals surface area contributed by atoms with Crippen LogP contribution < -0.4 is 10.1 Å². The molecule has 2 aromatic carbocycles. The number of nitrogens with one attached hydrogen (secondary N) is 1. The predicted molar refractivity (Wildman–Crippen MR) is 99.4 cm³/mol. The second kappa shape index (κ2) is 9.78. The Labute approximate surface area is 148 Å². The van der Waals surface area contributed by atoms with Crippen LogP contribution in [0.1, 0.15) is 24.5 Å². The summed E-state index contributed by atoms with van der Waals surface area (Å²) >= 11 is 6.05. The van der Waals surface area contributed by atoms with Crippen LogP contribution in [-0.2, 0) is 11.2 Å². The molecule has 0 saturated heterocycles. The largest absolute Gasteiger partial charge is 0.494 e. The number of hydrogen-bond donors (Lipinski definition) is 1. The fraction of sp³-hybridized carbons (Fsp3) is 0.250. The van der Waals surface area contributed by atoms with Crippen LogP contribution in [0.5, 0.6) is 5.75 Å². The molecule has 2 aromatic rings. The molecule has 0 atom stereocenters. The van der Waals surface area contributed by atoms with E-state index in [9.17, 15) is 4.79 Å². The Morgan fingerprint density at radius 1 is 1.21 bits per heavy atom. The number of carbonyl (C=O) groups excluding carboxylic acids is 1. The first-order valence-corrected chi connectivity index (χ1v) is 8.49. The summed E-state index contributed by atoms with van der Waals surface area (Å²) in [6.07, 6.45) is 4.96. The van der Waals surface area contributed by atoms with E-state index in [0.29, 0.717) is 18.2 Å². The molecule has 0 aliphatic heterocycles. The molecule has 0 saturated carbocycles. The minimum atomic E-state index is -0.131. The van der Waals surface area contributed by atoms with Gasteiger partial charge < -0.3 is 10.1 Å². The monoisotopic (exact) mass is 343 g/mol. The molecular weight excluding hydrogens is 322 g/mol. The van der Waals surface area contributed by atoms with E-state index in [-0.39, 0.29) is 5.91 Å². The number of ether oxygens (including phenoxy) is 1. The number of halogens is 1. The topological polar surface area (TPSA) is 38.3 Å². The van der Waals surface area contributed by atoms with Crippen LogP contribution >= 0.6 is 11.6 Å². The molecule has 0 radical (unpaired) electrons. The van der Waals surface area contributed by atoms with Crippen LogP contribution in [0.15, 0.2) is 54.6 Å². The molecule has 2 rings (SSSR count). The number of benzene rings is 2. The van der Waals surface area contributed by atoms with Gasteiger partial charge in [0, 0.05) is 17.6 Å². The summed E-state index contributed by atoms with van der Waals surface area (Å²) < 4.78 is 5.61. The Bertz CT molecular complexity index is 698. The normalized spacial score (nSPS) is 10.8. The van der Waals surface area contributed by atoms with Crippen molar-refractivity contribution in [2.75, 3.05) is 13.2 Å². The number of amides is 1. The molecule has 0 heterocycles. The summed E-state index contributed by atoms with van der Waals surface area (Å²) in [5.41, 5.74) is 1.97. The average molecular weight is 344 g/mol. The summed E-state index contributed by atoms with van der Waals surface area (Å²) in [5, 5.41) is 3.50. The maximum Gasteiger partial charge on any atom is 0.244 e. The Morgan fingerprint density at radius 3 is 2.83 bits per heavy atom. The van der Waals surface area contributed by atoms with Crippen molar-refractivity contribution < 1.29 is 9.53 Å². The zero-order chi connectivity index (χ0) is 17.2. The lowest BCUT2D eigenvalue weighted by Gasteiger charge is -2.07.